The highest BCUT2D eigenvalue weighted by atomic mass is 28.4. The van der Waals surface area contributed by atoms with E-state index in [1.807, 2.05) is 30.3 Å². The van der Waals surface area contributed by atoms with Gasteiger partial charge in [0.15, 0.2) is 14.1 Å². The minimum Gasteiger partial charge on any atom is -0.492 e. The number of hydrogen-bond acceptors (Lipinski definition) is 6. The molecule has 0 saturated carbocycles. The van der Waals surface area contributed by atoms with Crippen LogP contribution in [0.1, 0.15) is 26.5 Å². The van der Waals surface area contributed by atoms with Gasteiger partial charge in [-0.15, -0.1) is 0 Å². The van der Waals surface area contributed by atoms with Crippen molar-refractivity contribution in [1.82, 2.24) is 14.9 Å². The number of likely N-dealkylation sites (N-methyl/N-ethyl adjacent to an activating group) is 1. The monoisotopic (exact) mass is 429 g/mol. The smallest absolute Gasteiger partial charge is 0.192 e. The number of ether oxygens (including phenoxy) is 2. The number of aromatic nitrogens is 2. The molecule has 2 aromatic rings. The Morgan fingerprint density at radius 3 is 2.57 bits per heavy atom. The molecule has 7 heteroatoms. The maximum Gasteiger partial charge on any atom is 0.192 e. The summed E-state index contributed by atoms with van der Waals surface area (Å²) in [4.78, 5) is 11.4. The molecule has 0 amide bonds. The largest absolute Gasteiger partial charge is 0.492 e. The second-order valence-electron chi connectivity index (χ2n) is 9.47. The zero-order valence-electron chi connectivity index (χ0n) is 19.1. The second-order valence-corrected chi connectivity index (χ2v) is 14.3. The van der Waals surface area contributed by atoms with Crippen molar-refractivity contribution >= 4 is 8.32 Å². The van der Waals surface area contributed by atoms with Crippen LogP contribution in [0.5, 0.6) is 5.75 Å². The highest BCUT2D eigenvalue weighted by Gasteiger charge is 2.37. The van der Waals surface area contributed by atoms with Crippen LogP contribution in [0.2, 0.25) is 18.1 Å². The van der Waals surface area contributed by atoms with E-state index in [1.54, 1.807) is 6.20 Å². The van der Waals surface area contributed by atoms with Gasteiger partial charge in [-0.05, 0) is 55.5 Å². The first-order valence-electron chi connectivity index (χ1n) is 10.6. The molecule has 0 spiro atoms. The lowest BCUT2D eigenvalue weighted by Crippen LogP contribution is -2.46. The van der Waals surface area contributed by atoms with Gasteiger partial charge in [-0.1, -0.05) is 20.8 Å². The fourth-order valence-electron chi connectivity index (χ4n) is 2.89. The third-order valence-electron chi connectivity index (χ3n) is 6.18. The Morgan fingerprint density at radius 1 is 1.17 bits per heavy atom. The van der Waals surface area contributed by atoms with Gasteiger partial charge in [-0.25, -0.2) is 9.97 Å². The maximum absolute atomic E-state index is 6.30. The Kier molecular flexibility index (Phi) is 7.28. The van der Waals surface area contributed by atoms with Crippen molar-refractivity contribution in [2.75, 3.05) is 33.4 Å². The van der Waals surface area contributed by atoms with E-state index in [0.717, 1.165) is 30.2 Å². The molecule has 2 heterocycles. The van der Waals surface area contributed by atoms with Crippen LogP contribution < -0.4 is 4.74 Å². The van der Waals surface area contributed by atoms with Crippen LogP contribution in [-0.2, 0) is 15.8 Å². The Balaban J connectivity index is 1.60. The summed E-state index contributed by atoms with van der Waals surface area (Å²) in [6, 6.07) is 10.2. The summed E-state index contributed by atoms with van der Waals surface area (Å²) in [7, 11) is 0.300. The maximum atomic E-state index is 6.30. The second kappa shape index (κ2) is 9.56. The molecule has 1 atom stereocenters. The summed E-state index contributed by atoms with van der Waals surface area (Å²) in [5.41, 5.74) is 1.88. The van der Waals surface area contributed by atoms with E-state index in [0.29, 0.717) is 31.7 Å². The molecule has 1 saturated heterocycles. The molecule has 30 heavy (non-hydrogen) atoms. The number of benzene rings is 1. The van der Waals surface area contributed by atoms with Crippen LogP contribution in [0.15, 0.2) is 36.5 Å². The average Bonchev–Trinajstić information content (AvgIpc) is 2.71. The highest BCUT2D eigenvalue weighted by Crippen LogP contribution is 2.37. The normalized spacial score (nSPS) is 18.4. The van der Waals surface area contributed by atoms with Gasteiger partial charge in [0, 0.05) is 18.3 Å². The average molecular weight is 430 g/mol. The predicted octanol–water partition coefficient (Wildman–Crippen LogP) is 4.37. The molecule has 6 nitrogen and oxygen atoms in total. The van der Waals surface area contributed by atoms with Crippen LogP contribution in [-0.4, -0.2) is 62.6 Å². The van der Waals surface area contributed by atoms with Crippen molar-refractivity contribution in [1.29, 1.82) is 0 Å². The fourth-order valence-corrected chi connectivity index (χ4v) is 3.83. The third kappa shape index (κ3) is 5.88. The van der Waals surface area contributed by atoms with E-state index in [4.69, 9.17) is 18.9 Å². The van der Waals surface area contributed by atoms with E-state index in [9.17, 15) is 0 Å². The standard InChI is InChI=1S/C23H35N3O3Si/c1-23(2,3)30(5,6)29-15-19-11-12-24-22(25-19)18-7-9-21(10-8-18)28-17-20-16-27-14-13-26(20)4/h7-12,20H,13-17H2,1-6H3/t20-/m1/s1. The third-order valence-corrected chi connectivity index (χ3v) is 10.7. The molecular weight excluding hydrogens is 394 g/mol. The first-order chi connectivity index (χ1) is 14.2. The highest BCUT2D eigenvalue weighted by molar-refractivity contribution is 6.74. The molecule has 0 N–H and O–H groups in total. The van der Waals surface area contributed by atoms with Gasteiger partial charge in [-0.2, -0.15) is 0 Å². The van der Waals surface area contributed by atoms with E-state index in [1.165, 1.54) is 0 Å². The molecule has 0 aliphatic carbocycles. The van der Waals surface area contributed by atoms with Crippen molar-refractivity contribution in [2.24, 2.45) is 0 Å². The summed E-state index contributed by atoms with van der Waals surface area (Å²) in [5.74, 6) is 1.55. The van der Waals surface area contributed by atoms with Crippen LogP contribution in [0, 0.1) is 0 Å². The Bertz CT molecular complexity index is 821. The van der Waals surface area contributed by atoms with Crippen molar-refractivity contribution in [3.8, 4) is 17.1 Å². The quantitative estimate of drug-likeness (QED) is 0.609. The molecular formula is C23H35N3O3Si. The van der Waals surface area contributed by atoms with Gasteiger partial charge in [0.1, 0.15) is 12.4 Å². The lowest BCUT2D eigenvalue weighted by atomic mass is 10.2. The Hall–Kier alpha value is -1.80. The topological polar surface area (TPSA) is 56.7 Å². The summed E-state index contributed by atoms with van der Waals surface area (Å²) in [6.45, 7) is 14.8. The van der Waals surface area contributed by atoms with E-state index >= 15 is 0 Å². The molecule has 3 rings (SSSR count). The SMILES string of the molecule is CN1CCOC[C@@H]1COc1ccc(-c2nccc(CO[Si](C)(C)C(C)(C)C)n2)cc1. The first kappa shape index (κ1) is 22.9. The van der Waals surface area contributed by atoms with Gasteiger partial charge in [0.25, 0.3) is 0 Å². The van der Waals surface area contributed by atoms with Gasteiger partial charge in [-0.3, -0.25) is 4.90 Å². The number of nitrogens with zero attached hydrogens (tertiary/aromatic N) is 3. The Morgan fingerprint density at radius 2 is 1.90 bits per heavy atom. The molecule has 1 aliphatic heterocycles. The van der Waals surface area contributed by atoms with Gasteiger partial charge >= 0.3 is 0 Å². The van der Waals surface area contributed by atoms with Crippen LogP contribution in [0.3, 0.4) is 0 Å². The minimum absolute atomic E-state index is 0.178. The number of rotatable bonds is 7. The first-order valence-corrected chi connectivity index (χ1v) is 13.5. The lowest BCUT2D eigenvalue weighted by Gasteiger charge is -2.36. The number of morpholine rings is 1. The predicted molar refractivity (Wildman–Crippen MR) is 122 cm³/mol. The molecule has 0 unspecified atom stereocenters. The van der Waals surface area contributed by atoms with Crippen LogP contribution >= 0.6 is 0 Å². The van der Waals surface area contributed by atoms with Gasteiger partial charge in [0.2, 0.25) is 0 Å². The Labute approximate surface area is 181 Å². The van der Waals surface area contributed by atoms with Gasteiger partial charge < -0.3 is 13.9 Å². The van der Waals surface area contributed by atoms with Crippen molar-refractivity contribution < 1.29 is 13.9 Å². The molecule has 0 radical (unpaired) electrons. The zero-order chi connectivity index (χ0) is 21.8. The molecule has 0 bridgehead atoms. The molecule has 1 fully saturated rings. The van der Waals surface area contributed by atoms with E-state index in [2.05, 4.69) is 50.8 Å². The van der Waals surface area contributed by atoms with Gasteiger partial charge in [0.05, 0.1) is 31.6 Å². The van der Waals surface area contributed by atoms with Crippen molar-refractivity contribution in [3.05, 3.63) is 42.2 Å². The zero-order valence-corrected chi connectivity index (χ0v) is 20.1. The molecule has 1 aromatic carbocycles. The molecule has 1 aliphatic rings. The van der Waals surface area contributed by atoms with E-state index in [-0.39, 0.29) is 5.04 Å². The summed E-state index contributed by atoms with van der Waals surface area (Å²) in [6.07, 6.45) is 1.80. The minimum atomic E-state index is -1.81. The fraction of sp³-hybridized carbons (Fsp3) is 0.565. The molecule has 164 valence electrons. The number of hydrogen-bond donors (Lipinski definition) is 0. The van der Waals surface area contributed by atoms with Crippen LogP contribution in [0.25, 0.3) is 11.4 Å². The summed E-state index contributed by atoms with van der Waals surface area (Å²) < 4.78 is 17.8. The summed E-state index contributed by atoms with van der Waals surface area (Å²) >= 11 is 0. The van der Waals surface area contributed by atoms with Crippen molar-refractivity contribution in [3.63, 3.8) is 0 Å². The molecule has 1 aromatic heterocycles. The lowest BCUT2D eigenvalue weighted by molar-refractivity contribution is -0.0108. The van der Waals surface area contributed by atoms with Crippen molar-refractivity contribution in [2.45, 2.75) is 51.6 Å². The van der Waals surface area contributed by atoms with Crippen LogP contribution in [0.4, 0.5) is 0 Å². The summed E-state index contributed by atoms with van der Waals surface area (Å²) in [5, 5.41) is 0.178. The van der Waals surface area contributed by atoms with E-state index < -0.39 is 8.32 Å².